The zero-order valence-corrected chi connectivity index (χ0v) is 20.7. The van der Waals surface area contributed by atoms with Crippen molar-refractivity contribution in [2.24, 2.45) is 0 Å². The molecule has 6 nitrogen and oxygen atoms in total. The molecule has 0 heterocycles. The monoisotopic (exact) mass is 460 g/mol. The highest BCUT2D eigenvalue weighted by molar-refractivity contribution is 7.92. The minimum absolute atomic E-state index is 0.114. The first-order valence-electron chi connectivity index (χ1n) is 11.2. The Labute approximate surface area is 193 Å². The number of rotatable bonds is 12. The van der Waals surface area contributed by atoms with Gasteiger partial charge in [0.2, 0.25) is 15.9 Å². The molecule has 0 aliphatic rings. The molecule has 2 aromatic carbocycles. The van der Waals surface area contributed by atoms with E-state index in [9.17, 15) is 13.2 Å². The number of hydrogen-bond acceptors (Lipinski definition) is 4. The Morgan fingerprint density at radius 2 is 1.81 bits per heavy atom. The van der Waals surface area contributed by atoms with Gasteiger partial charge in [-0.15, -0.1) is 0 Å². The van der Waals surface area contributed by atoms with Crippen LogP contribution in [0.15, 0.2) is 42.5 Å². The number of anilines is 1. The molecule has 0 fully saturated rings. The SMILES string of the molecule is CCc1ccc(OCCNC(=O)CCCN(c2c(C)cccc2C(C)C)S(C)(=O)=O)cc1. The molecule has 0 aliphatic carbocycles. The molecule has 1 amide bonds. The molecule has 0 aliphatic heterocycles. The van der Waals surface area contributed by atoms with E-state index in [0.29, 0.717) is 19.6 Å². The van der Waals surface area contributed by atoms with E-state index < -0.39 is 10.0 Å². The highest BCUT2D eigenvalue weighted by atomic mass is 32.2. The van der Waals surface area contributed by atoms with Crippen LogP contribution in [0.25, 0.3) is 0 Å². The minimum atomic E-state index is -3.47. The smallest absolute Gasteiger partial charge is 0.232 e. The summed E-state index contributed by atoms with van der Waals surface area (Å²) in [5.41, 5.74) is 3.88. The molecule has 0 saturated carbocycles. The molecule has 0 spiro atoms. The Hall–Kier alpha value is -2.54. The van der Waals surface area contributed by atoms with E-state index in [4.69, 9.17) is 4.74 Å². The van der Waals surface area contributed by atoms with E-state index in [1.165, 1.54) is 16.1 Å². The van der Waals surface area contributed by atoms with Gasteiger partial charge in [0.1, 0.15) is 12.4 Å². The molecule has 0 radical (unpaired) electrons. The number of sulfonamides is 1. The fourth-order valence-corrected chi connectivity index (χ4v) is 4.63. The van der Waals surface area contributed by atoms with Gasteiger partial charge >= 0.3 is 0 Å². The van der Waals surface area contributed by atoms with Crippen molar-refractivity contribution in [1.29, 1.82) is 0 Å². The summed E-state index contributed by atoms with van der Waals surface area (Å²) in [6.07, 6.45) is 2.88. The zero-order chi connectivity index (χ0) is 23.7. The molecule has 0 bridgehead atoms. The van der Waals surface area contributed by atoms with Crippen molar-refractivity contribution >= 4 is 21.6 Å². The molecule has 1 N–H and O–H groups in total. The number of aryl methyl sites for hydroxylation is 2. The summed E-state index contributed by atoms with van der Waals surface area (Å²) in [6, 6.07) is 13.7. The van der Waals surface area contributed by atoms with Gasteiger partial charge in [-0.1, -0.05) is 51.1 Å². The van der Waals surface area contributed by atoms with Gasteiger partial charge in [0, 0.05) is 13.0 Å². The second kappa shape index (κ2) is 11.9. The van der Waals surface area contributed by atoms with Crippen LogP contribution >= 0.6 is 0 Å². The van der Waals surface area contributed by atoms with Gasteiger partial charge in [-0.2, -0.15) is 0 Å². The van der Waals surface area contributed by atoms with Crippen molar-refractivity contribution in [2.45, 2.75) is 52.9 Å². The van der Waals surface area contributed by atoms with Crippen LogP contribution in [-0.4, -0.2) is 40.3 Å². The minimum Gasteiger partial charge on any atom is -0.492 e. The molecule has 2 rings (SSSR count). The van der Waals surface area contributed by atoms with Gasteiger partial charge in [0.15, 0.2) is 0 Å². The van der Waals surface area contributed by atoms with Crippen LogP contribution < -0.4 is 14.4 Å². The molecule has 0 aromatic heterocycles. The van der Waals surface area contributed by atoms with Gasteiger partial charge < -0.3 is 10.1 Å². The number of carbonyl (C=O) groups excluding carboxylic acids is 1. The number of hydrogen-bond donors (Lipinski definition) is 1. The second-order valence-electron chi connectivity index (χ2n) is 8.30. The van der Waals surface area contributed by atoms with Crippen LogP contribution in [-0.2, 0) is 21.2 Å². The Bertz CT molecular complexity index is 986. The predicted molar refractivity (Wildman–Crippen MR) is 131 cm³/mol. The lowest BCUT2D eigenvalue weighted by atomic mass is 9.98. The topological polar surface area (TPSA) is 75.7 Å². The third-order valence-electron chi connectivity index (χ3n) is 5.33. The predicted octanol–water partition coefficient (Wildman–Crippen LogP) is 4.42. The number of benzene rings is 2. The maximum atomic E-state index is 12.5. The fraction of sp³-hybridized carbons (Fsp3) is 0.480. The molecule has 0 atom stereocenters. The quantitative estimate of drug-likeness (QED) is 0.476. The average molecular weight is 461 g/mol. The van der Waals surface area contributed by atoms with Crippen molar-refractivity contribution in [3.05, 3.63) is 59.2 Å². The Kier molecular flexibility index (Phi) is 9.57. The van der Waals surface area contributed by atoms with Crippen molar-refractivity contribution < 1.29 is 17.9 Å². The highest BCUT2D eigenvalue weighted by Crippen LogP contribution is 2.32. The fourth-order valence-electron chi connectivity index (χ4n) is 3.58. The second-order valence-corrected chi connectivity index (χ2v) is 10.2. The van der Waals surface area contributed by atoms with E-state index in [1.807, 2.05) is 63.2 Å². The Morgan fingerprint density at radius 1 is 1.12 bits per heavy atom. The number of carbonyl (C=O) groups is 1. The van der Waals surface area contributed by atoms with Crippen LogP contribution in [0.2, 0.25) is 0 Å². The first kappa shape index (κ1) is 25.7. The summed E-state index contributed by atoms with van der Waals surface area (Å²) >= 11 is 0. The van der Waals surface area contributed by atoms with Crippen LogP contribution in [0, 0.1) is 6.92 Å². The van der Waals surface area contributed by atoms with E-state index in [2.05, 4.69) is 12.2 Å². The summed E-state index contributed by atoms with van der Waals surface area (Å²) in [6.45, 7) is 9.16. The lowest BCUT2D eigenvalue weighted by molar-refractivity contribution is -0.121. The number of ether oxygens (including phenoxy) is 1. The van der Waals surface area contributed by atoms with Crippen LogP contribution in [0.5, 0.6) is 5.75 Å². The number of nitrogens with one attached hydrogen (secondary N) is 1. The van der Waals surface area contributed by atoms with Crippen molar-refractivity contribution in [3.8, 4) is 5.75 Å². The van der Waals surface area contributed by atoms with Gasteiger partial charge in [-0.3, -0.25) is 9.10 Å². The van der Waals surface area contributed by atoms with Crippen LogP contribution in [0.1, 0.15) is 56.2 Å². The van der Waals surface area contributed by atoms with E-state index in [-0.39, 0.29) is 24.8 Å². The molecule has 0 saturated heterocycles. The Morgan fingerprint density at radius 3 is 2.41 bits per heavy atom. The molecule has 32 heavy (non-hydrogen) atoms. The highest BCUT2D eigenvalue weighted by Gasteiger charge is 2.23. The van der Waals surface area contributed by atoms with Gasteiger partial charge in [-0.05, 0) is 54.5 Å². The van der Waals surface area contributed by atoms with Gasteiger partial charge in [-0.25, -0.2) is 8.42 Å². The molecule has 0 unspecified atom stereocenters. The third kappa shape index (κ3) is 7.55. The summed E-state index contributed by atoms with van der Waals surface area (Å²) in [5.74, 6) is 0.854. The molecule has 2 aromatic rings. The number of nitrogens with zero attached hydrogens (tertiary/aromatic N) is 1. The zero-order valence-electron chi connectivity index (χ0n) is 19.8. The molecular weight excluding hydrogens is 424 g/mol. The maximum Gasteiger partial charge on any atom is 0.232 e. The summed E-state index contributed by atoms with van der Waals surface area (Å²) in [4.78, 5) is 12.2. The third-order valence-corrected chi connectivity index (χ3v) is 6.50. The van der Waals surface area contributed by atoms with E-state index in [1.54, 1.807) is 0 Å². The van der Waals surface area contributed by atoms with Crippen molar-refractivity contribution in [3.63, 3.8) is 0 Å². The maximum absolute atomic E-state index is 12.5. The van der Waals surface area contributed by atoms with Crippen LogP contribution in [0.3, 0.4) is 0 Å². The molecular formula is C25H36N2O4S. The normalized spacial score (nSPS) is 11.4. The average Bonchev–Trinajstić information content (AvgIpc) is 2.74. The van der Waals surface area contributed by atoms with Crippen LogP contribution in [0.4, 0.5) is 5.69 Å². The van der Waals surface area contributed by atoms with E-state index >= 15 is 0 Å². The molecule has 176 valence electrons. The van der Waals surface area contributed by atoms with E-state index in [0.717, 1.165) is 29.0 Å². The summed E-state index contributed by atoms with van der Waals surface area (Å²) in [5, 5.41) is 2.84. The van der Waals surface area contributed by atoms with Gasteiger partial charge in [0.25, 0.3) is 0 Å². The standard InChI is InChI=1S/C25H36N2O4S/c1-6-21-12-14-22(15-13-21)31-18-16-26-24(28)11-8-17-27(32(5,29)30)25-20(4)9-7-10-23(25)19(2)3/h7,9-10,12-15,19H,6,8,11,16-18H2,1-5H3,(H,26,28). The number of amides is 1. The largest absolute Gasteiger partial charge is 0.492 e. The summed E-state index contributed by atoms with van der Waals surface area (Å²) < 4.78 is 32.1. The Balaban J connectivity index is 1.86. The van der Waals surface area contributed by atoms with Gasteiger partial charge in [0.05, 0.1) is 18.5 Å². The lowest BCUT2D eigenvalue weighted by Crippen LogP contribution is -2.34. The first-order chi connectivity index (χ1) is 15.1. The van der Waals surface area contributed by atoms with Crippen molar-refractivity contribution in [2.75, 3.05) is 30.3 Å². The van der Waals surface area contributed by atoms with Crippen molar-refractivity contribution in [1.82, 2.24) is 5.32 Å². The first-order valence-corrected chi connectivity index (χ1v) is 13.0. The lowest BCUT2D eigenvalue weighted by Gasteiger charge is -2.28. The number of para-hydroxylation sites is 1. The summed E-state index contributed by atoms with van der Waals surface area (Å²) in [7, 11) is -3.47. The molecule has 7 heteroatoms.